The Balaban J connectivity index is 1.52. The van der Waals surface area contributed by atoms with E-state index in [1.54, 1.807) is 6.07 Å². The minimum absolute atomic E-state index is 0.120. The van der Waals surface area contributed by atoms with E-state index in [0.29, 0.717) is 4.88 Å². The summed E-state index contributed by atoms with van der Waals surface area (Å²) in [5.74, 6) is -3.74. The minimum atomic E-state index is -2.82. The van der Waals surface area contributed by atoms with Gasteiger partial charge in [-0.15, -0.1) is 11.3 Å². The molecule has 1 N–H and O–H groups in total. The topological polar surface area (TPSA) is 66.5 Å². The van der Waals surface area contributed by atoms with Gasteiger partial charge in [-0.05, 0) is 49.4 Å². The first kappa shape index (κ1) is 20.7. The number of aryl methyl sites for hydroxylation is 2. The lowest BCUT2D eigenvalue weighted by molar-refractivity contribution is -0.135. The number of nitrogens with one attached hydrogen (secondary N) is 1. The summed E-state index contributed by atoms with van der Waals surface area (Å²) >= 11 is 1.33. The van der Waals surface area contributed by atoms with Crippen molar-refractivity contribution in [3.05, 3.63) is 46.3 Å². The number of alkyl halides is 2. The van der Waals surface area contributed by atoms with Gasteiger partial charge in [-0.3, -0.25) is 14.5 Å². The number of benzene rings is 1. The van der Waals surface area contributed by atoms with Gasteiger partial charge in [0.05, 0.1) is 11.4 Å². The predicted molar refractivity (Wildman–Crippen MR) is 110 cm³/mol. The van der Waals surface area contributed by atoms with E-state index in [4.69, 9.17) is 0 Å². The fourth-order valence-corrected chi connectivity index (χ4v) is 5.33. The third-order valence-electron chi connectivity index (χ3n) is 5.96. The zero-order valence-corrected chi connectivity index (χ0v) is 17.6. The van der Waals surface area contributed by atoms with Crippen LogP contribution in [0.1, 0.15) is 46.5 Å². The fraction of sp³-hybridized carbons (Fsp3) is 0.409. The van der Waals surface area contributed by atoms with Crippen LogP contribution in [0.5, 0.6) is 0 Å². The Morgan fingerprint density at radius 1 is 1.10 bits per heavy atom. The van der Waals surface area contributed by atoms with E-state index in [-0.39, 0.29) is 18.6 Å². The van der Waals surface area contributed by atoms with E-state index < -0.39 is 42.8 Å². The van der Waals surface area contributed by atoms with Crippen LogP contribution in [0.15, 0.2) is 30.3 Å². The van der Waals surface area contributed by atoms with Gasteiger partial charge in [0.2, 0.25) is 5.92 Å². The van der Waals surface area contributed by atoms with Crippen molar-refractivity contribution in [3.8, 4) is 10.4 Å². The molecule has 1 saturated carbocycles. The van der Waals surface area contributed by atoms with Gasteiger partial charge >= 0.3 is 6.03 Å². The average molecular weight is 432 g/mol. The molecule has 30 heavy (non-hydrogen) atoms. The molecule has 1 aromatic carbocycles. The van der Waals surface area contributed by atoms with Crippen molar-refractivity contribution in [1.82, 2.24) is 10.2 Å². The lowest BCUT2D eigenvalue weighted by Gasteiger charge is -2.34. The molecule has 4 rings (SSSR count). The highest BCUT2D eigenvalue weighted by molar-refractivity contribution is 7.17. The molecule has 5 nitrogen and oxygen atoms in total. The number of urea groups is 1. The number of carbonyl (C=O) groups excluding carboxylic acids is 3. The van der Waals surface area contributed by atoms with Crippen LogP contribution in [-0.4, -0.2) is 40.6 Å². The van der Waals surface area contributed by atoms with Crippen molar-refractivity contribution in [2.24, 2.45) is 0 Å². The standard InChI is InChI=1S/C22H22F2N2O3S/c1-13-5-3-4-6-15(13)18-14(2)11-17(30-18)16(27)12-26-19(28)21(25-20(26)29)7-9-22(23,24)10-8-21/h3-6,11H,7-10,12H2,1-2H3,(H,25,29). The van der Waals surface area contributed by atoms with Crippen molar-refractivity contribution < 1.29 is 23.2 Å². The summed E-state index contributed by atoms with van der Waals surface area (Å²) in [6, 6.07) is 8.94. The van der Waals surface area contributed by atoms with Crippen LogP contribution in [0.25, 0.3) is 10.4 Å². The number of hydrogen-bond donors (Lipinski definition) is 1. The average Bonchev–Trinajstić information content (AvgIpc) is 3.18. The van der Waals surface area contributed by atoms with E-state index in [1.165, 1.54) is 11.3 Å². The van der Waals surface area contributed by atoms with Crippen LogP contribution in [0, 0.1) is 13.8 Å². The molecule has 1 aromatic heterocycles. The number of Topliss-reactive ketones (excluding diaryl/α,β-unsaturated/α-hetero) is 1. The highest BCUT2D eigenvalue weighted by Crippen LogP contribution is 2.41. The first-order valence-electron chi connectivity index (χ1n) is 9.83. The molecule has 0 atom stereocenters. The van der Waals surface area contributed by atoms with Crippen LogP contribution < -0.4 is 5.32 Å². The van der Waals surface area contributed by atoms with E-state index in [0.717, 1.165) is 26.5 Å². The van der Waals surface area contributed by atoms with E-state index >= 15 is 0 Å². The summed E-state index contributed by atoms with van der Waals surface area (Å²) < 4.78 is 27.0. The quantitative estimate of drug-likeness (QED) is 0.562. The maximum Gasteiger partial charge on any atom is 0.325 e. The van der Waals surface area contributed by atoms with Crippen molar-refractivity contribution in [3.63, 3.8) is 0 Å². The molecule has 1 aliphatic carbocycles. The molecule has 0 bridgehead atoms. The van der Waals surface area contributed by atoms with E-state index in [2.05, 4.69) is 5.32 Å². The first-order chi connectivity index (χ1) is 14.1. The number of amides is 3. The molecule has 8 heteroatoms. The summed E-state index contributed by atoms with van der Waals surface area (Å²) in [6.07, 6.45) is -1.15. The molecule has 1 spiro atoms. The number of nitrogens with zero attached hydrogens (tertiary/aromatic N) is 1. The van der Waals surface area contributed by atoms with Crippen LogP contribution in [0.3, 0.4) is 0 Å². The highest BCUT2D eigenvalue weighted by Gasteiger charge is 2.55. The molecule has 2 heterocycles. The van der Waals surface area contributed by atoms with Gasteiger partial charge in [-0.25, -0.2) is 13.6 Å². The molecule has 2 fully saturated rings. The van der Waals surface area contributed by atoms with E-state index in [9.17, 15) is 23.2 Å². The number of carbonyl (C=O) groups is 3. The van der Waals surface area contributed by atoms with Crippen molar-refractivity contribution in [2.45, 2.75) is 51.0 Å². The van der Waals surface area contributed by atoms with Gasteiger partial charge in [0.1, 0.15) is 5.54 Å². The molecule has 2 aromatic rings. The summed E-state index contributed by atoms with van der Waals surface area (Å²) in [7, 11) is 0. The predicted octanol–water partition coefficient (Wildman–Crippen LogP) is 4.71. The molecule has 2 aliphatic rings. The Hall–Kier alpha value is -2.61. The highest BCUT2D eigenvalue weighted by atomic mass is 32.1. The summed E-state index contributed by atoms with van der Waals surface area (Å²) in [5.41, 5.74) is 1.76. The van der Waals surface area contributed by atoms with Crippen LogP contribution >= 0.6 is 11.3 Å². The van der Waals surface area contributed by atoms with Gasteiger partial charge in [0.25, 0.3) is 5.91 Å². The summed E-state index contributed by atoms with van der Waals surface area (Å²) in [6.45, 7) is 3.52. The molecule has 0 radical (unpaired) electrons. The number of hydrogen-bond acceptors (Lipinski definition) is 4. The van der Waals surface area contributed by atoms with Crippen LogP contribution in [0.4, 0.5) is 13.6 Å². The normalized spacial score (nSPS) is 19.9. The zero-order chi connectivity index (χ0) is 21.7. The minimum Gasteiger partial charge on any atom is -0.323 e. The van der Waals surface area contributed by atoms with Crippen molar-refractivity contribution in [1.29, 1.82) is 0 Å². The maximum atomic E-state index is 13.5. The van der Waals surface area contributed by atoms with Gasteiger partial charge in [-0.2, -0.15) is 0 Å². The number of imide groups is 1. The van der Waals surface area contributed by atoms with Crippen LogP contribution in [0.2, 0.25) is 0 Å². The molecule has 158 valence electrons. The largest absolute Gasteiger partial charge is 0.325 e. The Labute approximate surface area is 177 Å². The maximum absolute atomic E-state index is 13.5. The zero-order valence-electron chi connectivity index (χ0n) is 16.8. The van der Waals surface area contributed by atoms with Gasteiger partial charge in [0, 0.05) is 17.7 Å². The Kier molecular flexibility index (Phi) is 5.00. The molecular weight excluding hydrogens is 410 g/mol. The number of halogens is 2. The molecule has 1 aliphatic heterocycles. The lowest BCUT2D eigenvalue weighted by Crippen LogP contribution is -2.51. The molecule has 1 saturated heterocycles. The molecule has 3 amide bonds. The van der Waals surface area contributed by atoms with Crippen LogP contribution in [-0.2, 0) is 4.79 Å². The summed E-state index contributed by atoms with van der Waals surface area (Å²) in [5, 5.41) is 2.57. The number of thiophene rings is 1. The van der Waals surface area contributed by atoms with Gasteiger partial charge < -0.3 is 5.32 Å². The van der Waals surface area contributed by atoms with Crippen molar-refractivity contribution in [2.75, 3.05) is 6.54 Å². The smallest absolute Gasteiger partial charge is 0.323 e. The van der Waals surface area contributed by atoms with E-state index in [1.807, 2.05) is 38.1 Å². The van der Waals surface area contributed by atoms with Gasteiger partial charge in [0.15, 0.2) is 5.78 Å². The Morgan fingerprint density at radius 3 is 2.43 bits per heavy atom. The fourth-order valence-electron chi connectivity index (χ4n) is 4.14. The second-order valence-corrected chi connectivity index (χ2v) is 9.17. The Morgan fingerprint density at radius 2 is 1.77 bits per heavy atom. The van der Waals surface area contributed by atoms with Crippen molar-refractivity contribution >= 4 is 29.1 Å². The first-order valence-corrected chi connectivity index (χ1v) is 10.7. The number of ketones is 1. The number of rotatable bonds is 4. The molecular formula is C22H22F2N2O3S. The second kappa shape index (κ2) is 7.27. The third-order valence-corrected chi connectivity index (χ3v) is 7.28. The SMILES string of the molecule is Cc1ccccc1-c1sc(C(=O)CN2C(=O)NC3(CCC(F)(F)CC3)C2=O)cc1C. The Bertz CT molecular complexity index is 1040. The third kappa shape index (κ3) is 3.53. The monoisotopic (exact) mass is 432 g/mol. The second-order valence-electron chi connectivity index (χ2n) is 8.12. The van der Waals surface area contributed by atoms with Gasteiger partial charge in [-0.1, -0.05) is 24.3 Å². The lowest BCUT2D eigenvalue weighted by atomic mass is 9.80. The molecule has 0 unspecified atom stereocenters. The summed E-state index contributed by atoms with van der Waals surface area (Å²) in [4.78, 5) is 40.4.